The topological polar surface area (TPSA) is 30.5 Å². The van der Waals surface area contributed by atoms with Gasteiger partial charge in [0.1, 0.15) is 0 Å². The molecule has 0 fully saturated rings. The first-order valence-electron chi connectivity index (χ1n) is 6.54. The predicted octanol–water partition coefficient (Wildman–Crippen LogP) is 2.45. The summed E-state index contributed by atoms with van der Waals surface area (Å²) in [5, 5.41) is 3.48. The van der Waals surface area contributed by atoms with E-state index in [9.17, 15) is 0 Å². The maximum Gasteiger partial charge on any atom is 0.0701 e. The standard InChI is InChI=1S/C13H29NO2/c1-5-7-12(3)10-13(14-6-2)11-16-9-8-15-4/h12-14H,5-11H2,1-4H3. The van der Waals surface area contributed by atoms with Gasteiger partial charge in [0.05, 0.1) is 19.8 Å². The van der Waals surface area contributed by atoms with E-state index in [1.807, 2.05) is 0 Å². The van der Waals surface area contributed by atoms with Crippen LogP contribution in [0.4, 0.5) is 0 Å². The minimum Gasteiger partial charge on any atom is -0.382 e. The van der Waals surface area contributed by atoms with Crippen molar-refractivity contribution < 1.29 is 9.47 Å². The second kappa shape index (κ2) is 11.4. The second-order valence-electron chi connectivity index (χ2n) is 4.45. The van der Waals surface area contributed by atoms with Gasteiger partial charge in [-0.1, -0.05) is 33.6 Å². The largest absolute Gasteiger partial charge is 0.382 e. The molecule has 0 aliphatic heterocycles. The third-order valence-corrected chi connectivity index (χ3v) is 2.71. The van der Waals surface area contributed by atoms with Crippen LogP contribution in [0.1, 0.15) is 40.0 Å². The fourth-order valence-corrected chi connectivity index (χ4v) is 1.96. The van der Waals surface area contributed by atoms with Crippen molar-refractivity contribution >= 4 is 0 Å². The summed E-state index contributed by atoms with van der Waals surface area (Å²) in [6.07, 6.45) is 3.78. The Bertz CT molecular complexity index is 142. The van der Waals surface area contributed by atoms with Crippen LogP contribution in [0.25, 0.3) is 0 Å². The summed E-state index contributed by atoms with van der Waals surface area (Å²) in [4.78, 5) is 0. The molecule has 2 atom stereocenters. The molecule has 0 amide bonds. The van der Waals surface area contributed by atoms with Crippen molar-refractivity contribution in [1.82, 2.24) is 5.32 Å². The molecule has 0 saturated carbocycles. The van der Waals surface area contributed by atoms with Gasteiger partial charge in [0, 0.05) is 13.2 Å². The zero-order valence-electron chi connectivity index (χ0n) is 11.4. The smallest absolute Gasteiger partial charge is 0.0701 e. The van der Waals surface area contributed by atoms with Crippen molar-refractivity contribution in [3.8, 4) is 0 Å². The fourth-order valence-electron chi connectivity index (χ4n) is 1.96. The van der Waals surface area contributed by atoms with Gasteiger partial charge in [0.15, 0.2) is 0 Å². The molecule has 16 heavy (non-hydrogen) atoms. The zero-order valence-corrected chi connectivity index (χ0v) is 11.4. The summed E-state index contributed by atoms with van der Waals surface area (Å²) < 4.78 is 10.5. The van der Waals surface area contributed by atoms with Crippen LogP contribution in [-0.2, 0) is 9.47 Å². The lowest BCUT2D eigenvalue weighted by Crippen LogP contribution is -2.35. The first-order valence-corrected chi connectivity index (χ1v) is 6.54. The first-order chi connectivity index (χ1) is 7.74. The molecule has 0 aromatic heterocycles. The normalized spacial score (nSPS) is 15.0. The molecular formula is C13H29NO2. The minimum absolute atomic E-state index is 0.489. The van der Waals surface area contributed by atoms with Crippen LogP contribution in [0.2, 0.25) is 0 Å². The van der Waals surface area contributed by atoms with E-state index >= 15 is 0 Å². The first kappa shape index (κ1) is 15.9. The number of methoxy groups -OCH3 is 1. The van der Waals surface area contributed by atoms with E-state index in [0.717, 1.165) is 19.1 Å². The summed E-state index contributed by atoms with van der Waals surface area (Å²) in [6.45, 7) is 9.90. The maximum absolute atomic E-state index is 5.58. The van der Waals surface area contributed by atoms with Gasteiger partial charge in [-0.3, -0.25) is 0 Å². The van der Waals surface area contributed by atoms with Crippen molar-refractivity contribution in [1.29, 1.82) is 0 Å². The van der Waals surface area contributed by atoms with Gasteiger partial charge in [0.2, 0.25) is 0 Å². The highest BCUT2D eigenvalue weighted by Gasteiger charge is 2.11. The minimum atomic E-state index is 0.489. The lowest BCUT2D eigenvalue weighted by atomic mass is 9.97. The summed E-state index contributed by atoms with van der Waals surface area (Å²) in [5.41, 5.74) is 0. The SMILES string of the molecule is CCCC(C)CC(COCCOC)NCC. The number of hydrogen-bond donors (Lipinski definition) is 1. The lowest BCUT2D eigenvalue weighted by molar-refractivity contribution is 0.0553. The molecule has 2 unspecified atom stereocenters. The Balaban J connectivity index is 3.68. The third kappa shape index (κ3) is 9.13. The number of hydrogen-bond acceptors (Lipinski definition) is 3. The molecule has 0 spiro atoms. The number of ether oxygens (including phenoxy) is 2. The van der Waals surface area contributed by atoms with Crippen LogP contribution in [0.15, 0.2) is 0 Å². The van der Waals surface area contributed by atoms with Gasteiger partial charge in [-0.05, 0) is 18.9 Å². The van der Waals surface area contributed by atoms with E-state index in [-0.39, 0.29) is 0 Å². The van der Waals surface area contributed by atoms with Crippen LogP contribution in [0.5, 0.6) is 0 Å². The fraction of sp³-hybridized carbons (Fsp3) is 1.00. The Labute approximate surface area is 101 Å². The molecular weight excluding hydrogens is 202 g/mol. The van der Waals surface area contributed by atoms with Crippen molar-refractivity contribution in [2.75, 3.05) is 33.5 Å². The van der Waals surface area contributed by atoms with Crippen molar-refractivity contribution in [2.45, 2.75) is 46.1 Å². The molecule has 0 saturated heterocycles. The van der Waals surface area contributed by atoms with Crippen molar-refractivity contribution in [3.63, 3.8) is 0 Å². The Morgan fingerprint density at radius 3 is 2.50 bits per heavy atom. The van der Waals surface area contributed by atoms with Crippen LogP contribution < -0.4 is 5.32 Å². The van der Waals surface area contributed by atoms with E-state index in [4.69, 9.17) is 9.47 Å². The summed E-state index contributed by atoms with van der Waals surface area (Å²) in [5.74, 6) is 0.778. The Kier molecular flexibility index (Phi) is 11.3. The molecule has 0 aromatic carbocycles. The Morgan fingerprint density at radius 1 is 1.19 bits per heavy atom. The molecule has 3 heteroatoms. The molecule has 1 N–H and O–H groups in total. The van der Waals surface area contributed by atoms with Gasteiger partial charge < -0.3 is 14.8 Å². The molecule has 0 aromatic rings. The van der Waals surface area contributed by atoms with E-state index in [1.165, 1.54) is 19.3 Å². The maximum atomic E-state index is 5.58. The summed E-state index contributed by atoms with van der Waals surface area (Å²) in [6, 6.07) is 0.489. The van der Waals surface area contributed by atoms with Crippen molar-refractivity contribution in [2.24, 2.45) is 5.92 Å². The highest BCUT2D eigenvalue weighted by molar-refractivity contribution is 4.69. The van der Waals surface area contributed by atoms with Crippen LogP contribution in [0.3, 0.4) is 0 Å². The van der Waals surface area contributed by atoms with E-state index in [1.54, 1.807) is 7.11 Å². The van der Waals surface area contributed by atoms with Gasteiger partial charge in [-0.25, -0.2) is 0 Å². The number of rotatable bonds is 11. The molecule has 98 valence electrons. The monoisotopic (exact) mass is 231 g/mol. The number of likely N-dealkylation sites (N-methyl/N-ethyl adjacent to an activating group) is 1. The molecule has 0 bridgehead atoms. The zero-order chi connectivity index (χ0) is 12.2. The quantitative estimate of drug-likeness (QED) is 0.554. The van der Waals surface area contributed by atoms with Gasteiger partial charge >= 0.3 is 0 Å². The summed E-state index contributed by atoms with van der Waals surface area (Å²) in [7, 11) is 1.70. The Hall–Kier alpha value is -0.120. The predicted molar refractivity (Wildman–Crippen MR) is 68.8 cm³/mol. The number of nitrogens with one attached hydrogen (secondary N) is 1. The molecule has 0 heterocycles. The summed E-state index contributed by atoms with van der Waals surface area (Å²) >= 11 is 0. The van der Waals surface area contributed by atoms with E-state index in [2.05, 4.69) is 26.1 Å². The second-order valence-corrected chi connectivity index (χ2v) is 4.45. The highest BCUT2D eigenvalue weighted by Crippen LogP contribution is 2.12. The van der Waals surface area contributed by atoms with Crippen molar-refractivity contribution in [3.05, 3.63) is 0 Å². The highest BCUT2D eigenvalue weighted by atomic mass is 16.5. The van der Waals surface area contributed by atoms with Crippen LogP contribution >= 0.6 is 0 Å². The average molecular weight is 231 g/mol. The molecule has 0 aliphatic carbocycles. The third-order valence-electron chi connectivity index (χ3n) is 2.71. The van der Waals surface area contributed by atoms with Crippen LogP contribution in [0, 0.1) is 5.92 Å². The van der Waals surface area contributed by atoms with E-state index < -0.39 is 0 Å². The average Bonchev–Trinajstić information content (AvgIpc) is 2.25. The molecule has 0 radical (unpaired) electrons. The Morgan fingerprint density at radius 2 is 1.94 bits per heavy atom. The van der Waals surface area contributed by atoms with Crippen LogP contribution in [-0.4, -0.2) is 39.5 Å². The molecule has 3 nitrogen and oxygen atoms in total. The molecule has 0 aliphatic rings. The van der Waals surface area contributed by atoms with Gasteiger partial charge in [-0.2, -0.15) is 0 Å². The lowest BCUT2D eigenvalue weighted by Gasteiger charge is -2.21. The van der Waals surface area contributed by atoms with Gasteiger partial charge in [0.25, 0.3) is 0 Å². The van der Waals surface area contributed by atoms with Gasteiger partial charge in [-0.15, -0.1) is 0 Å². The van der Waals surface area contributed by atoms with E-state index in [0.29, 0.717) is 19.3 Å². The molecule has 0 rings (SSSR count).